The van der Waals surface area contributed by atoms with E-state index in [-0.39, 0.29) is 23.8 Å². The lowest BCUT2D eigenvalue weighted by Crippen LogP contribution is -2.54. The Labute approximate surface area is 233 Å². The summed E-state index contributed by atoms with van der Waals surface area (Å²) in [5.74, 6) is -0.150. The molecule has 1 aliphatic rings. The number of ether oxygens (including phenoxy) is 3. The van der Waals surface area contributed by atoms with Gasteiger partial charge in [-0.1, -0.05) is 45.7 Å². The molecule has 4 rings (SSSR count). The molecule has 1 aliphatic heterocycles. The lowest BCUT2D eigenvalue weighted by Gasteiger charge is -2.26. The number of halogens is 2. The van der Waals surface area contributed by atoms with E-state index in [1.54, 1.807) is 36.4 Å². The van der Waals surface area contributed by atoms with E-state index in [0.29, 0.717) is 29.4 Å². The zero-order valence-corrected chi connectivity index (χ0v) is 23.0. The number of hydrogen-bond donors (Lipinski definition) is 1. The Balaban J connectivity index is 1.55. The van der Waals surface area contributed by atoms with E-state index in [2.05, 4.69) is 21.2 Å². The van der Waals surface area contributed by atoms with Gasteiger partial charge in [-0.05, 0) is 73.5 Å². The Kier molecular flexibility index (Phi) is 8.70. The van der Waals surface area contributed by atoms with Crippen LogP contribution < -0.4 is 24.4 Å². The van der Waals surface area contributed by atoms with Crippen molar-refractivity contribution in [3.63, 3.8) is 0 Å². The van der Waals surface area contributed by atoms with E-state index in [9.17, 15) is 14.4 Å². The van der Waals surface area contributed by atoms with Gasteiger partial charge >= 0.3 is 6.03 Å². The van der Waals surface area contributed by atoms with Gasteiger partial charge in [0.15, 0.2) is 11.5 Å². The Morgan fingerprint density at radius 3 is 2.37 bits per heavy atom. The summed E-state index contributed by atoms with van der Waals surface area (Å²) in [6, 6.07) is 16.6. The van der Waals surface area contributed by atoms with Crippen molar-refractivity contribution in [3.05, 3.63) is 86.9 Å². The fourth-order valence-corrected chi connectivity index (χ4v) is 4.27. The molecule has 0 atom stereocenters. The molecule has 0 aromatic heterocycles. The first-order valence-corrected chi connectivity index (χ1v) is 12.9. The van der Waals surface area contributed by atoms with E-state index >= 15 is 0 Å². The van der Waals surface area contributed by atoms with E-state index in [0.717, 1.165) is 20.7 Å². The number of nitrogens with one attached hydrogen (secondary N) is 1. The Bertz CT molecular complexity index is 1410. The molecule has 1 fully saturated rings. The van der Waals surface area contributed by atoms with Gasteiger partial charge in [-0.25, -0.2) is 9.69 Å². The quantitative estimate of drug-likeness (QED) is 0.186. The molecule has 196 valence electrons. The van der Waals surface area contributed by atoms with Gasteiger partial charge in [-0.3, -0.25) is 14.9 Å². The second-order valence-corrected chi connectivity index (χ2v) is 9.48. The number of urea groups is 1. The average molecular weight is 600 g/mol. The monoisotopic (exact) mass is 598 g/mol. The summed E-state index contributed by atoms with van der Waals surface area (Å²) in [6.07, 6.45) is 1.36. The minimum Gasteiger partial charge on any atom is -0.490 e. The number of carbonyl (C=O) groups is 3. The first-order chi connectivity index (χ1) is 18.3. The van der Waals surface area contributed by atoms with E-state index in [4.69, 9.17) is 25.8 Å². The van der Waals surface area contributed by atoms with Crippen molar-refractivity contribution in [3.8, 4) is 17.2 Å². The minimum absolute atomic E-state index is 0.208. The molecule has 0 spiro atoms. The highest BCUT2D eigenvalue weighted by Crippen LogP contribution is 2.37. The lowest BCUT2D eigenvalue weighted by molar-refractivity contribution is -0.122. The predicted molar refractivity (Wildman–Crippen MR) is 148 cm³/mol. The number of nitrogens with zero attached hydrogens (tertiary/aromatic N) is 1. The molecule has 1 saturated heterocycles. The highest BCUT2D eigenvalue weighted by Gasteiger charge is 2.36. The average Bonchev–Trinajstić information content (AvgIpc) is 2.88. The summed E-state index contributed by atoms with van der Waals surface area (Å²) in [4.78, 5) is 39.1. The van der Waals surface area contributed by atoms with Crippen molar-refractivity contribution >= 4 is 57.1 Å². The molecule has 0 saturated carbocycles. The van der Waals surface area contributed by atoms with Crippen molar-refractivity contribution in [1.29, 1.82) is 0 Å². The number of imide groups is 2. The second kappa shape index (κ2) is 12.1. The number of aryl methyl sites for hydroxylation is 1. The fourth-order valence-electron chi connectivity index (χ4n) is 3.74. The Hall–Kier alpha value is -3.82. The standard InChI is InChI=1S/C28H24BrClN2O6/c1-3-36-24-16-18(15-22(30)25(24)38-13-12-37-23-7-5-4-6-17(23)2)14-21-26(33)31-28(35)32(27(21)34)20-10-8-19(29)9-11-20/h4-11,14-16H,3,12-13H2,1-2H3,(H,31,33,35)/b21-14-. The maximum absolute atomic E-state index is 13.2. The second-order valence-electron chi connectivity index (χ2n) is 8.16. The number of hydrogen-bond acceptors (Lipinski definition) is 6. The van der Waals surface area contributed by atoms with Crippen LogP contribution in [0.4, 0.5) is 10.5 Å². The number of para-hydroxylation sites is 1. The molecule has 4 amide bonds. The van der Waals surface area contributed by atoms with Crippen LogP contribution in [0.5, 0.6) is 17.2 Å². The first kappa shape index (κ1) is 27.2. The van der Waals surface area contributed by atoms with Gasteiger partial charge in [0.2, 0.25) is 0 Å². The smallest absolute Gasteiger partial charge is 0.335 e. The maximum Gasteiger partial charge on any atom is 0.335 e. The van der Waals surface area contributed by atoms with Crippen LogP contribution in [0.2, 0.25) is 5.02 Å². The van der Waals surface area contributed by atoms with Crippen LogP contribution in [-0.4, -0.2) is 37.7 Å². The molecule has 0 aliphatic carbocycles. The summed E-state index contributed by atoms with van der Waals surface area (Å²) >= 11 is 9.83. The summed E-state index contributed by atoms with van der Waals surface area (Å²) in [6.45, 7) is 4.59. The molecule has 0 unspecified atom stereocenters. The molecule has 1 heterocycles. The van der Waals surface area contributed by atoms with Gasteiger partial charge < -0.3 is 14.2 Å². The van der Waals surface area contributed by atoms with Crippen molar-refractivity contribution < 1.29 is 28.6 Å². The van der Waals surface area contributed by atoms with Crippen LogP contribution in [0.1, 0.15) is 18.1 Å². The number of amides is 4. The van der Waals surface area contributed by atoms with Gasteiger partial charge in [-0.2, -0.15) is 0 Å². The van der Waals surface area contributed by atoms with Crippen LogP contribution in [0.15, 0.2) is 70.7 Å². The fraction of sp³-hybridized carbons (Fsp3) is 0.179. The van der Waals surface area contributed by atoms with Crippen LogP contribution in [-0.2, 0) is 9.59 Å². The van der Waals surface area contributed by atoms with E-state index in [1.165, 1.54) is 6.08 Å². The third-order valence-electron chi connectivity index (χ3n) is 5.51. The molecule has 0 bridgehead atoms. The largest absolute Gasteiger partial charge is 0.490 e. The summed E-state index contributed by atoms with van der Waals surface area (Å²) < 4.78 is 18.1. The summed E-state index contributed by atoms with van der Waals surface area (Å²) in [7, 11) is 0. The summed E-state index contributed by atoms with van der Waals surface area (Å²) in [5.41, 5.74) is 1.52. The van der Waals surface area contributed by atoms with Gasteiger partial charge in [0.1, 0.15) is 24.5 Å². The van der Waals surface area contributed by atoms with Crippen molar-refractivity contribution in [1.82, 2.24) is 5.32 Å². The molecule has 0 radical (unpaired) electrons. The molecule has 38 heavy (non-hydrogen) atoms. The Morgan fingerprint density at radius 1 is 0.947 bits per heavy atom. The summed E-state index contributed by atoms with van der Waals surface area (Å²) in [5, 5.41) is 2.43. The number of benzene rings is 3. The third-order valence-corrected chi connectivity index (χ3v) is 6.32. The first-order valence-electron chi connectivity index (χ1n) is 11.7. The molecule has 8 nitrogen and oxygen atoms in total. The minimum atomic E-state index is -0.829. The number of carbonyl (C=O) groups excluding carboxylic acids is 3. The van der Waals surface area contributed by atoms with Gasteiger partial charge in [-0.15, -0.1) is 0 Å². The number of barbiturate groups is 1. The number of rotatable bonds is 9. The predicted octanol–water partition coefficient (Wildman–Crippen LogP) is 5.93. The Morgan fingerprint density at radius 2 is 1.66 bits per heavy atom. The van der Waals surface area contributed by atoms with Crippen molar-refractivity contribution in [2.75, 3.05) is 24.7 Å². The van der Waals surface area contributed by atoms with Gasteiger partial charge in [0.05, 0.1) is 17.3 Å². The molecular weight excluding hydrogens is 576 g/mol. The normalized spacial score (nSPS) is 14.5. The SMILES string of the molecule is CCOc1cc(/C=C2/C(=O)NC(=O)N(c3ccc(Br)cc3)C2=O)cc(Cl)c1OCCOc1ccccc1C. The topological polar surface area (TPSA) is 94.2 Å². The van der Waals surface area contributed by atoms with Crippen LogP contribution in [0, 0.1) is 6.92 Å². The third kappa shape index (κ3) is 6.17. The highest BCUT2D eigenvalue weighted by molar-refractivity contribution is 9.10. The van der Waals surface area contributed by atoms with Gasteiger partial charge in [0, 0.05) is 4.47 Å². The zero-order valence-electron chi connectivity index (χ0n) is 20.6. The van der Waals surface area contributed by atoms with Crippen molar-refractivity contribution in [2.24, 2.45) is 0 Å². The molecular formula is C28H24BrClN2O6. The molecule has 3 aromatic carbocycles. The van der Waals surface area contributed by atoms with E-state index in [1.807, 2.05) is 38.1 Å². The van der Waals surface area contributed by atoms with Crippen LogP contribution >= 0.6 is 27.5 Å². The zero-order chi connectivity index (χ0) is 27.2. The highest BCUT2D eigenvalue weighted by atomic mass is 79.9. The molecule has 1 N–H and O–H groups in total. The van der Waals surface area contributed by atoms with Crippen LogP contribution in [0.3, 0.4) is 0 Å². The number of anilines is 1. The van der Waals surface area contributed by atoms with Crippen LogP contribution in [0.25, 0.3) is 6.08 Å². The van der Waals surface area contributed by atoms with Crippen molar-refractivity contribution in [2.45, 2.75) is 13.8 Å². The lowest BCUT2D eigenvalue weighted by atomic mass is 10.1. The van der Waals surface area contributed by atoms with Gasteiger partial charge in [0.25, 0.3) is 11.8 Å². The molecule has 3 aromatic rings. The van der Waals surface area contributed by atoms with E-state index < -0.39 is 17.8 Å². The maximum atomic E-state index is 13.2. The molecule has 10 heteroatoms.